The number of carbonyl (C=O) groups is 1. The predicted octanol–water partition coefficient (Wildman–Crippen LogP) is 3.14. The van der Waals surface area contributed by atoms with Gasteiger partial charge < -0.3 is 5.11 Å². The molecular weight excluding hydrogens is 202 g/mol. The fourth-order valence-electron chi connectivity index (χ4n) is 2.57. The normalized spacial score (nSPS) is 15.1. The Bertz CT molecular complexity index is 202. The molecule has 0 saturated heterocycles. The van der Waals surface area contributed by atoms with Crippen molar-refractivity contribution in [2.45, 2.75) is 65.3 Å². The first-order chi connectivity index (χ1) is 7.56. The zero-order valence-electron chi connectivity index (χ0n) is 11.3. The van der Waals surface area contributed by atoms with Gasteiger partial charge in [0.1, 0.15) is 0 Å². The van der Waals surface area contributed by atoms with Crippen molar-refractivity contribution in [3.8, 4) is 0 Å². The van der Waals surface area contributed by atoms with Gasteiger partial charge in [-0.25, -0.2) is 0 Å². The summed E-state index contributed by atoms with van der Waals surface area (Å²) in [5.74, 6) is -0.676. The number of unbranched alkanes of at least 4 members (excludes halogenated alkanes) is 1. The molecule has 0 rings (SSSR count). The molecule has 0 aliphatic heterocycles. The van der Waals surface area contributed by atoms with Crippen LogP contribution < -0.4 is 0 Å². The molecule has 1 atom stereocenters. The van der Waals surface area contributed by atoms with Gasteiger partial charge in [0, 0.05) is 5.54 Å². The molecule has 0 aliphatic carbocycles. The molecule has 3 nitrogen and oxygen atoms in total. The number of hydrogen-bond acceptors (Lipinski definition) is 2. The zero-order chi connectivity index (χ0) is 12.6. The maximum Gasteiger partial charge on any atom is 0.305 e. The summed E-state index contributed by atoms with van der Waals surface area (Å²) in [6.45, 7) is 10.4. The highest BCUT2D eigenvalue weighted by Crippen LogP contribution is 2.30. The van der Waals surface area contributed by atoms with Gasteiger partial charge in [0.15, 0.2) is 0 Å². The molecule has 0 aromatic carbocycles. The van der Waals surface area contributed by atoms with Crippen LogP contribution in [0.2, 0.25) is 0 Å². The topological polar surface area (TPSA) is 40.5 Å². The van der Waals surface area contributed by atoms with E-state index < -0.39 is 5.97 Å². The van der Waals surface area contributed by atoms with E-state index in [1.54, 1.807) is 0 Å². The highest BCUT2D eigenvalue weighted by Gasteiger charge is 2.34. The van der Waals surface area contributed by atoms with Crippen molar-refractivity contribution in [2.24, 2.45) is 0 Å². The molecule has 0 fully saturated rings. The summed E-state index contributed by atoms with van der Waals surface area (Å²) in [6, 6.07) is 0. The molecule has 0 heterocycles. The molecular formula is C13H27NO2. The van der Waals surface area contributed by atoms with E-state index in [1.807, 2.05) is 0 Å². The highest BCUT2D eigenvalue weighted by molar-refractivity contribution is 5.68. The number of rotatable bonds is 9. The van der Waals surface area contributed by atoms with Gasteiger partial charge in [0.05, 0.1) is 6.42 Å². The van der Waals surface area contributed by atoms with Crippen LogP contribution in [-0.4, -0.2) is 34.6 Å². The Hall–Kier alpha value is -0.570. The van der Waals surface area contributed by atoms with E-state index in [0.29, 0.717) is 0 Å². The van der Waals surface area contributed by atoms with Crippen molar-refractivity contribution in [2.75, 3.05) is 13.1 Å². The summed E-state index contributed by atoms with van der Waals surface area (Å²) >= 11 is 0. The second-order valence-corrected chi connectivity index (χ2v) is 4.42. The van der Waals surface area contributed by atoms with Gasteiger partial charge >= 0.3 is 5.97 Å². The summed E-state index contributed by atoms with van der Waals surface area (Å²) in [5.41, 5.74) is -0.134. The van der Waals surface area contributed by atoms with E-state index in [2.05, 4.69) is 32.6 Å². The maximum absolute atomic E-state index is 11.0. The minimum Gasteiger partial charge on any atom is -0.481 e. The SMILES string of the molecule is CCCCC(CC)(CC(=O)O)N(CC)CC. The Balaban J connectivity index is 4.83. The van der Waals surface area contributed by atoms with Gasteiger partial charge in [-0.3, -0.25) is 9.69 Å². The van der Waals surface area contributed by atoms with Gasteiger partial charge in [-0.05, 0) is 25.9 Å². The largest absolute Gasteiger partial charge is 0.481 e. The van der Waals surface area contributed by atoms with Crippen LogP contribution in [0.5, 0.6) is 0 Å². The number of carboxylic acids is 1. The van der Waals surface area contributed by atoms with Crippen LogP contribution in [0.15, 0.2) is 0 Å². The Labute approximate surface area is 99.8 Å². The van der Waals surface area contributed by atoms with E-state index in [1.165, 1.54) is 0 Å². The average molecular weight is 229 g/mol. The van der Waals surface area contributed by atoms with Crippen LogP contribution in [0.25, 0.3) is 0 Å². The Morgan fingerprint density at radius 2 is 1.75 bits per heavy atom. The third kappa shape index (κ3) is 4.12. The minimum absolute atomic E-state index is 0.134. The molecule has 3 heteroatoms. The molecule has 0 spiro atoms. The van der Waals surface area contributed by atoms with E-state index in [9.17, 15) is 4.79 Å². The monoisotopic (exact) mass is 229 g/mol. The predicted molar refractivity (Wildman–Crippen MR) is 67.7 cm³/mol. The smallest absolute Gasteiger partial charge is 0.305 e. The lowest BCUT2D eigenvalue weighted by molar-refractivity contribution is -0.140. The zero-order valence-corrected chi connectivity index (χ0v) is 11.3. The third-order valence-electron chi connectivity index (χ3n) is 3.57. The summed E-state index contributed by atoms with van der Waals surface area (Å²) < 4.78 is 0. The second kappa shape index (κ2) is 7.66. The fourth-order valence-corrected chi connectivity index (χ4v) is 2.57. The quantitative estimate of drug-likeness (QED) is 0.660. The maximum atomic E-state index is 11.0. The molecule has 0 saturated carbocycles. The molecule has 0 aromatic heterocycles. The van der Waals surface area contributed by atoms with Gasteiger partial charge in [0.25, 0.3) is 0 Å². The molecule has 0 amide bonds. The van der Waals surface area contributed by atoms with Crippen molar-refractivity contribution in [1.29, 1.82) is 0 Å². The average Bonchev–Trinajstić information content (AvgIpc) is 2.26. The van der Waals surface area contributed by atoms with Crippen molar-refractivity contribution in [3.63, 3.8) is 0 Å². The van der Waals surface area contributed by atoms with Crippen LogP contribution >= 0.6 is 0 Å². The van der Waals surface area contributed by atoms with Crippen molar-refractivity contribution >= 4 is 5.97 Å². The van der Waals surface area contributed by atoms with Gasteiger partial charge in [-0.2, -0.15) is 0 Å². The lowest BCUT2D eigenvalue weighted by Gasteiger charge is -2.42. The van der Waals surface area contributed by atoms with E-state index in [-0.39, 0.29) is 12.0 Å². The highest BCUT2D eigenvalue weighted by atomic mass is 16.4. The molecule has 0 radical (unpaired) electrons. The fraction of sp³-hybridized carbons (Fsp3) is 0.923. The van der Waals surface area contributed by atoms with E-state index in [4.69, 9.17) is 5.11 Å². The first kappa shape index (κ1) is 15.4. The first-order valence-electron chi connectivity index (χ1n) is 6.53. The second-order valence-electron chi connectivity index (χ2n) is 4.42. The molecule has 1 unspecified atom stereocenters. The van der Waals surface area contributed by atoms with Crippen molar-refractivity contribution in [3.05, 3.63) is 0 Å². The van der Waals surface area contributed by atoms with E-state index >= 15 is 0 Å². The number of carboxylic acid groups (broad SMARTS) is 1. The molecule has 1 N–H and O–H groups in total. The molecule has 0 bridgehead atoms. The van der Waals surface area contributed by atoms with Crippen LogP contribution in [0, 0.1) is 0 Å². The molecule has 16 heavy (non-hydrogen) atoms. The lowest BCUT2D eigenvalue weighted by Crippen LogP contribution is -2.49. The Morgan fingerprint density at radius 3 is 2.06 bits per heavy atom. The third-order valence-corrected chi connectivity index (χ3v) is 3.57. The summed E-state index contributed by atoms with van der Waals surface area (Å²) in [6.07, 6.45) is 4.42. The summed E-state index contributed by atoms with van der Waals surface area (Å²) in [7, 11) is 0. The van der Waals surface area contributed by atoms with Crippen molar-refractivity contribution in [1.82, 2.24) is 4.90 Å². The molecule has 96 valence electrons. The Kier molecular flexibility index (Phi) is 7.39. The summed E-state index contributed by atoms with van der Waals surface area (Å²) in [4.78, 5) is 13.4. The van der Waals surface area contributed by atoms with Crippen LogP contribution in [0.1, 0.15) is 59.8 Å². The van der Waals surface area contributed by atoms with Gasteiger partial charge in [0.2, 0.25) is 0 Å². The van der Waals surface area contributed by atoms with E-state index in [0.717, 1.165) is 38.8 Å². The standard InChI is InChI=1S/C13H27NO2/c1-5-9-10-13(6-2,11-12(15)16)14(7-3)8-4/h5-11H2,1-4H3,(H,15,16). The Morgan fingerprint density at radius 1 is 1.19 bits per heavy atom. The number of aliphatic carboxylic acids is 1. The first-order valence-corrected chi connectivity index (χ1v) is 6.53. The molecule has 0 aliphatic rings. The van der Waals surface area contributed by atoms with Crippen LogP contribution in [0.3, 0.4) is 0 Å². The number of nitrogens with zero attached hydrogens (tertiary/aromatic N) is 1. The molecule has 0 aromatic rings. The van der Waals surface area contributed by atoms with Gasteiger partial charge in [-0.15, -0.1) is 0 Å². The van der Waals surface area contributed by atoms with Crippen molar-refractivity contribution < 1.29 is 9.90 Å². The number of hydrogen-bond donors (Lipinski definition) is 1. The minimum atomic E-state index is -0.676. The lowest BCUT2D eigenvalue weighted by atomic mass is 9.84. The van der Waals surface area contributed by atoms with Crippen LogP contribution in [-0.2, 0) is 4.79 Å². The summed E-state index contributed by atoms with van der Waals surface area (Å²) in [5, 5.41) is 9.09. The van der Waals surface area contributed by atoms with Crippen LogP contribution in [0.4, 0.5) is 0 Å². The van der Waals surface area contributed by atoms with Gasteiger partial charge in [-0.1, -0.05) is 40.5 Å².